The van der Waals surface area contributed by atoms with Crippen molar-refractivity contribution in [2.75, 3.05) is 12.3 Å². The number of piperidine rings is 1. The summed E-state index contributed by atoms with van der Waals surface area (Å²) in [5, 5.41) is 0. The van der Waals surface area contributed by atoms with Gasteiger partial charge in [0, 0.05) is 35.2 Å². The van der Waals surface area contributed by atoms with Crippen molar-refractivity contribution >= 4 is 29.2 Å². The first kappa shape index (κ1) is 16.6. The summed E-state index contributed by atoms with van der Waals surface area (Å²) in [5.74, 6) is 1.94. The van der Waals surface area contributed by atoms with Crippen molar-refractivity contribution in [3.63, 3.8) is 0 Å². The van der Waals surface area contributed by atoms with Gasteiger partial charge in [0.25, 0.3) is 0 Å². The van der Waals surface area contributed by atoms with Crippen LogP contribution in [-0.4, -0.2) is 39.9 Å². The fraction of sp³-hybridized carbons (Fsp3) is 0.733. The molecule has 1 aromatic rings. The Morgan fingerprint density at radius 1 is 1.52 bits per heavy atom. The van der Waals surface area contributed by atoms with E-state index in [4.69, 9.17) is 4.74 Å². The highest BCUT2D eigenvalue weighted by Crippen LogP contribution is 2.25. The van der Waals surface area contributed by atoms with E-state index >= 15 is 0 Å². The van der Waals surface area contributed by atoms with Crippen LogP contribution in [0.3, 0.4) is 0 Å². The van der Waals surface area contributed by atoms with E-state index < -0.39 is 5.60 Å². The molecule has 118 valence electrons. The van der Waals surface area contributed by atoms with Crippen LogP contribution in [0.1, 0.15) is 44.9 Å². The maximum absolute atomic E-state index is 12.3. The molecule has 0 radical (unpaired) electrons. The second-order valence-electron chi connectivity index (χ2n) is 6.31. The molecule has 1 aliphatic rings. The van der Waals surface area contributed by atoms with E-state index in [1.54, 1.807) is 11.3 Å². The number of amides is 1. The van der Waals surface area contributed by atoms with Gasteiger partial charge in [0.05, 0.1) is 5.51 Å². The van der Waals surface area contributed by atoms with Gasteiger partial charge in [0.2, 0.25) is 0 Å². The van der Waals surface area contributed by atoms with E-state index in [0.29, 0.717) is 6.04 Å². The van der Waals surface area contributed by atoms with Crippen molar-refractivity contribution in [3.05, 3.63) is 16.6 Å². The molecule has 1 unspecified atom stereocenters. The van der Waals surface area contributed by atoms with Crippen LogP contribution in [0.4, 0.5) is 4.79 Å². The Morgan fingerprint density at radius 2 is 2.33 bits per heavy atom. The Balaban J connectivity index is 1.84. The van der Waals surface area contributed by atoms with Gasteiger partial charge >= 0.3 is 6.09 Å². The van der Waals surface area contributed by atoms with Crippen LogP contribution >= 0.6 is 23.1 Å². The van der Waals surface area contributed by atoms with E-state index in [9.17, 15) is 4.79 Å². The highest BCUT2D eigenvalue weighted by atomic mass is 32.2. The van der Waals surface area contributed by atoms with Crippen LogP contribution in [0, 0.1) is 0 Å². The third kappa shape index (κ3) is 5.51. The number of hydrogen-bond donors (Lipinski definition) is 0. The van der Waals surface area contributed by atoms with Crippen LogP contribution in [-0.2, 0) is 10.5 Å². The topological polar surface area (TPSA) is 42.4 Å². The first-order valence-corrected chi connectivity index (χ1v) is 9.44. The molecule has 6 heteroatoms. The van der Waals surface area contributed by atoms with Gasteiger partial charge in [-0.15, -0.1) is 11.3 Å². The fourth-order valence-electron chi connectivity index (χ4n) is 2.34. The maximum Gasteiger partial charge on any atom is 0.410 e. The van der Waals surface area contributed by atoms with Crippen molar-refractivity contribution in [1.82, 2.24) is 9.88 Å². The van der Waals surface area contributed by atoms with Gasteiger partial charge in [-0.3, -0.25) is 4.98 Å². The summed E-state index contributed by atoms with van der Waals surface area (Å²) in [6.45, 7) is 6.58. The zero-order valence-corrected chi connectivity index (χ0v) is 14.6. The van der Waals surface area contributed by atoms with Gasteiger partial charge in [-0.05, 0) is 40.0 Å². The van der Waals surface area contributed by atoms with Crippen LogP contribution in [0.15, 0.2) is 11.7 Å². The largest absolute Gasteiger partial charge is 0.444 e. The first-order valence-electron chi connectivity index (χ1n) is 7.40. The lowest BCUT2D eigenvalue weighted by molar-refractivity contribution is 0.0126. The van der Waals surface area contributed by atoms with Gasteiger partial charge in [0.15, 0.2) is 0 Å². The normalized spacial score (nSPS) is 19.6. The third-order valence-electron chi connectivity index (χ3n) is 3.29. The average Bonchev–Trinajstić information content (AvgIpc) is 2.90. The average molecular weight is 329 g/mol. The van der Waals surface area contributed by atoms with Crippen molar-refractivity contribution in [3.8, 4) is 0 Å². The molecule has 0 saturated carbocycles. The fourth-order valence-corrected chi connectivity index (χ4v) is 4.26. The standard InChI is InChI=1S/C15H24N2O2S2/c1-15(2,3)19-14(18)17-7-5-4-6-12(17)9-20-10-13-8-16-11-21-13/h8,11-12H,4-7,9-10H2,1-3H3. The lowest BCUT2D eigenvalue weighted by atomic mass is 10.0. The lowest BCUT2D eigenvalue weighted by Crippen LogP contribution is -2.47. The number of thiazole rings is 1. The number of hydrogen-bond acceptors (Lipinski definition) is 5. The van der Waals surface area contributed by atoms with E-state index in [-0.39, 0.29) is 6.09 Å². The molecule has 2 rings (SSSR count). The number of carbonyl (C=O) groups is 1. The lowest BCUT2D eigenvalue weighted by Gasteiger charge is -2.36. The molecular formula is C15H24N2O2S2. The minimum atomic E-state index is -0.422. The Bertz CT molecular complexity index is 443. The predicted molar refractivity (Wildman–Crippen MR) is 88.9 cm³/mol. The highest BCUT2D eigenvalue weighted by molar-refractivity contribution is 7.98. The molecule has 0 N–H and O–H groups in total. The Kier molecular flexibility index (Phi) is 5.93. The minimum Gasteiger partial charge on any atom is -0.444 e. The predicted octanol–water partition coefficient (Wildman–Crippen LogP) is 4.17. The van der Waals surface area contributed by atoms with E-state index in [1.807, 2.05) is 49.1 Å². The summed E-state index contributed by atoms with van der Waals surface area (Å²) in [5.41, 5.74) is 1.44. The number of rotatable bonds is 4. The Hall–Kier alpha value is -0.750. The molecule has 0 aromatic carbocycles. The van der Waals surface area contributed by atoms with Crippen molar-refractivity contribution in [1.29, 1.82) is 0 Å². The highest BCUT2D eigenvalue weighted by Gasteiger charge is 2.30. The molecule has 0 bridgehead atoms. The minimum absolute atomic E-state index is 0.161. The summed E-state index contributed by atoms with van der Waals surface area (Å²) < 4.78 is 5.53. The van der Waals surface area contributed by atoms with E-state index in [2.05, 4.69) is 4.98 Å². The molecule has 1 saturated heterocycles. The van der Waals surface area contributed by atoms with Crippen molar-refractivity contribution in [2.45, 2.75) is 57.4 Å². The van der Waals surface area contributed by atoms with Crippen LogP contribution < -0.4 is 0 Å². The molecule has 4 nitrogen and oxygen atoms in total. The number of thioether (sulfide) groups is 1. The second-order valence-corrected chi connectivity index (χ2v) is 8.31. The summed E-state index contributed by atoms with van der Waals surface area (Å²) in [6, 6.07) is 0.298. The summed E-state index contributed by atoms with van der Waals surface area (Å²) in [7, 11) is 0. The number of ether oxygens (including phenoxy) is 1. The van der Waals surface area contributed by atoms with Crippen LogP contribution in [0.25, 0.3) is 0 Å². The Morgan fingerprint density at radius 3 is 3.00 bits per heavy atom. The zero-order valence-electron chi connectivity index (χ0n) is 13.0. The summed E-state index contributed by atoms with van der Waals surface area (Å²) in [6.07, 6.45) is 5.12. The van der Waals surface area contributed by atoms with Gasteiger partial charge in [-0.1, -0.05) is 0 Å². The van der Waals surface area contributed by atoms with Gasteiger partial charge < -0.3 is 9.64 Å². The van der Waals surface area contributed by atoms with Gasteiger partial charge in [-0.25, -0.2) is 4.79 Å². The number of nitrogens with zero attached hydrogens (tertiary/aromatic N) is 2. The molecular weight excluding hydrogens is 304 g/mol. The van der Waals surface area contributed by atoms with Crippen molar-refractivity contribution in [2.24, 2.45) is 0 Å². The summed E-state index contributed by atoms with van der Waals surface area (Å²) >= 11 is 3.56. The molecule has 0 aliphatic carbocycles. The molecule has 1 atom stereocenters. The molecule has 1 amide bonds. The molecule has 0 spiro atoms. The SMILES string of the molecule is CC(C)(C)OC(=O)N1CCCCC1CSCc1cncs1. The molecule has 2 heterocycles. The first-order chi connectivity index (χ1) is 9.96. The van der Waals surface area contributed by atoms with Gasteiger partial charge in [0.1, 0.15) is 5.60 Å². The van der Waals surface area contributed by atoms with E-state index in [0.717, 1.165) is 30.9 Å². The maximum atomic E-state index is 12.3. The summed E-state index contributed by atoms with van der Waals surface area (Å²) in [4.78, 5) is 19.6. The van der Waals surface area contributed by atoms with E-state index in [1.165, 1.54) is 11.3 Å². The van der Waals surface area contributed by atoms with Crippen molar-refractivity contribution < 1.29 is 9.53 Å². The zero-order chi connectivity index (χ0) is 15.3. The number of carbonyl (C=O) groups excluding carboxylic acids is 1. The second kappa shape index (κ2) is 7.49. The molecule has 1 fully saturated rings. The molecule has 1 aromatic heterocycles. The molecule has 21 heavy (non-hydrogen) atoms. The van der Waals surface area contributed by atoms with Gasteiger partial charge in [-0.2, -0.15) is 11.8 Å². The number of likely N-dealkylation sites (tertiary alicyclic amines) is 1. The Labute approximate surface area is 135 Å². The number of aromatic nitrogens is 1. The smallest absolute Gasteiger partial charge is 0.410 e. The molecule has 1 aliphatic heterocycles. The monoisotopic (exact) mass is 328 g/mol. The van der Waals surface area contributed by atoms with Crippen LogP contribution in [0.2, 0.25) is 0 Å². The quantitative estimate of drug-likeness (QED) is 0.832. The van der Waals surface area contributed by atoms with Crippen LogP contribution in [0.5, 0.6) is 0 Å². The third-order valence-corrected chi connectivity index (χ3v) is 5.39.